The number of benzene rings is 1. The van der Waals surface area contributed by atoms with Crippen molar-refractivity contribution >= 4 is 12.0 Å². The lowest BCUT2D eigenvalue weighted by Gasteiger charge is -2.64. The van der Waals surface area contributed by atoms with Gasteiger partial charge >= 0.3 is 5.97 Å². The van der Waals surface area contributed by atoms with Gasteiger partial charge in [-0.3, -0.25) is 0 Å². The quantitative estimate of drug-likeness (QED) is 0.342. The molecular formula is C29H38O3. The topological polar surface area (TPSA) is 46.5 Å². The van der Waals surface area contributed by atoms with Crippen LogP contribution in [0.2, 0.25) is 0 Å². The van der Waals surface area contributed by atoms with Crippen molar-refractivity contribution in [2.75, 3.05) is 6.61 Å². The Bertz CT molecular complexity index is 935. The van der Waals surface area contributed by atoms with E-state index in [2.05, 4.69) is 20.4 Å². The van der Waals surface area contributed by atoms with Crippen LogP contribution < -0.4 is 0 Å². The SMILES string of the molecule is C=C1C[C@@]23CC[C@@H]4[C@](C)(COC(=O)/C=C/c5ccccc5)CCC[C@@]4(C)[C@@H]2CC[C@@]1(O)C3. The Morgan fingerprint density at radius 3 is 2.66 bits per heavy atom. The largest absolute Gasteiger partial charge is 0.462 e. The lowest BCUT2D eigenvalue weighted by atomic mass is 9.41. The number of rotatable bonds is 4. The highest BCUT2D eigenvalue weighted by Gasteiger charge is 2.66. The van der Waals surface area contributed by atoms with Crippen molar-refractivity contribution in [1.29, 1.82) is 0 Å². The zero-order chi connectivity index (χ0) is 22.6. The maximum atomic E-state index is 12.5. The Balaban J connectivity index is 1.31. The van der Waals surface area contributed by atoms with E-state index in [-0.39, 0.29) is 22.2 Å². The van der Waals surface area contributed by atoms with Crippen LogP contribution >= 0.6 is 0 Å². The van der Waals surface area contributed by atoms with E-state index in [9.17, 15) is 9.90 Å². The average Bonchev–Trinajstić information content (AvgIpc) is 2.94. The molecule has 1 spiro atoms. The van der Waals surface area contributed by atoms with Crippen LogP contribution in [0.4, 0.5) is 0 Å². The Morgan fingerprint density at radius 2 is 1.88 bits per heavy atom. The molecule has 3 heteroatoms. The molecule has 4 aliphatic rings. The molecule has 5 rings (SSSR count). The Labute approximate surface area is 192 Å². The van der Waals surface area contributed by atoms with Gasteiger partial charge < -0.3 is 9.84 Å². The third kappa shape index (κ3) is 3.39. The fraction of sp³-hybridized carbons (Fsp3) is 0.621. The lowest BCUT2D eigenvalue weighted by Crippen LogP contribution is -2.58. The molecule has 6 atom stereocenters. The fourth-order valence-electron chi connectivity index (χ4n) is 8.67. The molecule has 0 heterocycles. The summed E-state index contributed by atoms with van der Waals surface area (Å²) in [5, 5.41) is 11.1. The van der Waals surface area contributed by atoms with Crippen molar-refractivity contribution in [3.63, 3.8) is 0 Å². The van der Waals surface area contributed by atoms with Crippen molar-refractivity contribution in [3.8, 4) is 0 Å². The third-order valence-electron chi connectivity index (χ3n) is 10.0. The minimum Gasteiger partial charge on any atom is -0.462 e. The zero-order valence-corrected chi connectivity index (χ0v) is 19.7. The van der Waals surface area contributed by atoms with Crippen LogP contribution in [0.3, 0.4) is 0 Å². The standard InChI is InChI=1S/C29H38O3/c1-21-18-28-16-12-23-26(2,20-32-25(30)11-10-22-8-5-4-6-9-22)14-7-15-27(23,3)24(28)13-17-29(21,31)19-28/h4-6,8-11,23-24,31H,1,7,12-20H2,2-3H3/b11-10+/t23-,24+,26+,27-,28-,29-/m1/s1. The van der Waals surface area contributed by atoms with E-state index < -0.39 is 5.60 Å². The van der Waals surface area contributed by atoms with Crippen molar-refractivity contribution in [2.24, 2.45) is 28.1 Å². The van der Waals surface area contributed by atoms with E-state index in [4.69, 9.17) is 4.74 Å². The number of hydrogen-bond acceptors (Lipinski definition) is 3. The molecule has 0 radical (unpaired) electrons. The first-order chi connectivity index (χ1) is 15.2. The van der Waals surface area contributed by atoms with E-state index in [1.165, 1.54) is 25.7 Å². The second-order valence-corrected chi connectivity index (χ2v) is 11.9. The van der Waals surface area contributed by atoms with E-state index in [0.29, 0.717) is 18.4 Å². The van der Waals surface area contributed by atoms with Crippen molar-refractivity contribution in [3.05, 3.63) is 54.1 Å². The van der Waals surface area contributed by atoms with Crippen LogP contribution in [0.25, 0.3) is 6.08 Å². The van der Waals surface area contributed by atoms with Gasteiger partial charge in [0.05, 0.1) is 12.2 Å². The molecule has 1 aromatic carbocycles. The summed E-state index contributed by atoms with van der Waals surface area (Å²) in [6.07, 6.45) is 13.2. The highest BCUT2D eigenvalue weighted by molar-refractivity contribution is 5.87. The summed E-state index contributed by atoms with van der Waals surface area (Å²) in [5.41, 5.74) is 1.99. The molecule has 2 bridgehead atoms. The summed E-state index contributed by atoms with van der Waals surface area (Å²) in [6.45, 7) is 9.66. The number of carbonyl (C=O) groups is 1. The first-order valence-corrected chi connectivity index (χ1v) is 12.5. The van der Waals surface area contributed by atoms with Gasteiger partial charge in [0.25, 0.3) is 0 Å². The first kappa shape index (κ1) is 21.9. The third-order valence-corrected chi connectivity index (χ3v) is 10.0. The fourth-order valence-corrected chi connectivity index (χ4v) is 8.67. The minimum absolute atomic E-state index is 0.0220. The summed E-state index contributed by atoms with van der Waals surface area (Å²) in [4.78, 5) is 12.5. The predicted molar refractivity (Wildman–Crippen MR) is 128 cm³/mol. The van der Waals surface area contributed by atoms with Crippen molar-refractivity contribution in [1.82, 2.24) is 0 Å². The Morgan fingerprint density at radius 1 is 1.12 bits per heavy atom. The summed E-state index contributed by atoms with van der Waals surface area (Å²) in [7, 11) is 0. The molecule has 172 valence electrons. The van der Waals surface area contributed by atoms with Crippen molar-refractivity contribution in [2.45, 2.75) is 77.2 Å². The van der Waals surface area contributed by atoms with Crippen LogP contribution in [0.15, 0.2) is 48.6 Å². The number of carbonyl (C=O) groups excluding carboxylic acids is 1. The van der Waals surface area contributed by atoms with Crippen LogP contribution in [0.1, 0.15) is 77.2 Å². The molecular weight excluding hydrogens is 396 g/mol. The maximum absolute atomic E-state index is 12.5. The molecule has 4 aliphatic carbocycles. The van der Waals surface area contributed by atoms with Gasteiger partial charge in [0.1, 0.15) is 0 Å². The Hall–Kier alpha value is -1.87. The maximum Gasteiger partial charge on any atom is 0.330 e. The molecule has 32 heavy (non-hydrogen) atoms. The van der Waals surface area contributed by atoms with E-state index in [0.717, 1.165) is 43.2 Å². The van der Waals surface area contributed by atoms with Gasteiger partial charge in [0.2, 0.25) is 0 Å². The summed E-state index contributed by atoms with van der Waals surface area (Å²) < 4.78 is 5.85. The number of hydrogen-bond donors (Lipinski definition) is 1. The van der Waals surface area contributed by atoms with Crippen LogP contribution in [0.5, 0.6) is 0 Å². The van der Waals surface area contributed by atoms with Crippen LogP contribution in [0, 0.1) is 28.1 Å². The average molecular weight is 435 g/mol. The molecule has 0 unspecified atom stereocenters. The molecule has 0 saturated heterocycles. The molecule has 1 N–H and O–H groups in total. The summed E-state index contributed by atoms with van der Waals surface area (Å²) >= 11 is 0. The lowest BCUT2D eigenvalue weighted by molar-refractivity contribution is -0.179. The highest BCUT2D eigenvalue weighted by atomic mass is 16.5. The van der Waals surface area contributed by atoms with Gasteiger partial charge in [0.15, 0.2) is 0 Å². The number of esters is 1. The van der Waals surface area contributed by atoms with Gasteiger partial charge in [0, 0.05) is 11.5 Å². The van der Waals surface area contributed by atoms with E-state index in [1.54, 1.807) is 6.08 Å². The molecule has 0 aromatic heterocycles. The highest BCUT2D eigenvalue weighted by Crippen LogP contribution is 2.72. The molecule has 0 aliphatic heterocycles. The van der Waals surface area contributed by atoms with Gasteiger partial charge in [-0.15, -0.1) is 0 Å². The predicted octanol–water partition coefficient (Wildman–Crippen LogP) is 6.33. The molecule has 4 fully saturated rings. The smallest absolute Gasteiger partial charge is 0.330 e. The van der Waals surface area contributed by atoms with Crippen LogP contribution in [-0.2, 0) is 9.53 Å². The molecule has 3 nitrogen and oxygen atoms in total. The van der Waals surface area contributed by atoms with Gasteiger partial charge in [-0.2, -0.15) is 0 Å². The van der Waals surface area contributed by atoms with Gasteiger partial charge in [-0.25, -0.2) is 4.79 Å². The molecule has 1 aromatic rings. The second kappa shape index (κ2) is 7.58. The van der Waals surface area contributed by atoms with Crippen molar-refractivity contribution < 1.29 is 14.6 Å². The van der Waals surface area contributed by atoms with E-state index >= 15 is 0 Å². The van der Waals surface area contributed by atoms with Crippen LogP contribution in [-0.4, -0.2) is 23.3 Å². The zero-order valence-electron chi connectivity index (χ0n) is 19.7. The normalized spacial score (nSPS) is 43.0. The first-order valence-electron chi connectivity index (χ1n) is 12.5. The molecule has 0 amide bonds. The molecule has 4 saturated carbocycles. The number of fused-ring (bicyclic) bond motifs is 3. The second-order valence-electron chi connectivity index (χ2n) is 11.9. The monoisotopic (exact) mass is 434 g/mol. The summed E-state index contributed by atoms with van der Waals surface area (Å²) in [6, 6.07) is 9.88. The number of ether oxygens (including phenoxy) is 1. The van der Waals surface area contributed by atoms with Gasteiger partial charge in [-0.1, -0.05) is 57.2 Å². The minimum atomic E-state index is -0.613. The van der Waals surface area contributed by atoms with E-state index in [1.807, 2.05) is 36.4 Å². The summed E-state index contributed by atoms with van der Waals surface area (Å²) in [5.74, 6) is 0.955. The van der Waals surface area contributed by atoms with Gasteiger partial charge in [-0.05, 0) is 91.2 Å². The number of aliphatic hydroxyl groups is 1. The Kier molecular flexibility index (Phi) is 5.20.